The van der Waals surface area contributed by atoms with Gasteiger partial charge < -0.3 is 19.9 Å². The lowest BCUT2D eigenvalue weighted by Crippen LogP contribution is -2.37. The SMILES string of the molecule is CCO[C@@H](Cc1ccc(O[C@H](C)C(=O)NCCc2ccccc2C(C)(C)C)cc1)C(=O)O. The number of nitrogens with one attached hydrogen (secondary N) is 1. The first-order chi connectivity index (χ1) is 15.1. The van der Waals surface area contributed by atoms with Crippen molar-refractivity contribution in [2.24, 2.45) is 0 Å². The Bertz CT molecular complexity index is 886. The molecule has 0 aliphatic rings. The Morgan fingerprint density at radius 1 is 1.06 bits per heavy atom. The first-order valence-electron chi connectivity index (χ1n) is 11.1. The summed E-state index contributed by atoms with van der Waals surface area (Å²) in [7, 11) is 0. The third-order valence-electron chi connectivity index (χ3n) is 5.19. The zero-order chi connectivity index (χ0) is 23.7. The van der Waals surface area contributed by atoms with E-state index in [2.05, 4.69) is 38.2 Å². The number of carboxylic acid groups (broad SMARTS) is 1. The van der Waals surface area contributed by atoms with Crippen molar-refractivity contribution in [2.45, 2.75) is 65.1 Å². The Morgan fingerprint density at radius 3 is 2.31 bits per heavy atom. The highest BCUT2D eigenvalue weighted by atomic mass is 16.5. The van der Waals surface area contributed by atoms with Gasteiger partial charge in [0, 0.05) is 19.6 Å². The zero-order valence-corrected chi connectivity index (χ0v) is 19.7. The van der Waals surface area contributed by atoms with Crippen molar-refractivity contribution in [1.29, 1.82) is 0 Å². The van der Waals surface area contributed by atoms with Crippen molar-refractivity contribution >= 4 is 11.9 Å². The van der Waals surface area contributed by atoms with E-state index in [0.29, 0.717) is 18.9 Å². The summed E-state index contributed by atoms with van der Waals surface area (Å²) in [4.78, 5) is 23.7. The van der Waals surface area contributed by atoms with E-state index < -0.39 is 18.2 Å². The number of carbonyl (C=O) groups is 2. The van der Waals surface area contributed by atoms with Crippen molar-refractivity contribution in [1.82, 2.24) is 5.32 Å². The van der Waals surface area contributed by atoms with Gasteiger partial charge in [-0.1, -0.05) is 57.2 Å². The summed E-state index contributed by atoms with van der Waals surface area (Å²) in [6, 6.07) is 15.4. The minimum atomic E-state index is -0.984. The Hall–Kier alpha value is -2.86. The number of hydrogen-bond acceptors (Lipinski definition) is 4. The molecule has 6 heteroatoms. The first kappa shape index (κ1) is 25.4. The van der Waals surface area contributed by atoms with Gasteiger partial charge in [0.15, 0.2) is 12.2 Å². The van der Waals surface area contributed by atoms with Crippen LogP contribution in [0.3, 0.4) is 0 Å². The molecule has 1 amide bonds. The summed E-state index contributed by atoms with van der Waals surface area (Å²) < 4.78 is 11.0. The fourth-order valence-corrected chi connectivity index (χ4v) is 3.53. The molecular weight excluding hydrogens is 406 g/mol. The Kier molecular flexibility index (Phi) is 9.27. The van der Waals surface area contributed by atoms with Gasteiger partial charge in [-0.3, -0.25) is 4.79 Å². The molecule has 174 valence electrons. The monoisotopic (exact) mass is 441 g/mol. The van der Waals surface area contributed by atoms with Gasteiger partial charge >= 0.3 is 5.97 Å². The molecule has 0 aliphatic carbocycles. The largest absolute Gasteiger partial charge is 0.481 e. The second kappa shape index (κ2) is 11.7. The fraction of sp³-hybridized carbons (Fsp3) is 0.462. The number of ether oxygens (including phenoxy) is 2. The minimum Gasteiger partial charge on any atom is -0.481 e. The van der Waals surface area contributed by atoms with Crippen molar-refractivity contribution in [3.8, 4) is 5.75 Å². The molecule has 2 rings (SSSR count). The molecule has 2 aromatic carbocycles. The van der Waals surface area contributed by atoms with Gasteiger partial charge in [-0.25, -0.2) is 4.79 Å². The molecule has 0 unspecified atom stereocenters. The maximum absolute atomic E-state index is 12.5. The fourth-order valence-electron chi connectivity index (χ4n) is 3.53. The van der Waals surface area contributed by atoms with E-state index in [1.807, 2.05) is 12.1 Å². The predicted molar refractivity (Wildman–Crippen MR) is 125 cm³/mol. The maximum atomic E-state index is 12.5. The zero-order valence-electron chi connectivity index (χ0n) is 19.7. The highest BCUT2D eigenvalue weighted by molar-refractivity contribution is 5.80. The molecule has 0 fully saturated rings. The van der Waals surface area contributed by atoms with Gasteiger partial charge in [-0.15, -0.1) is 0 Å². The van der Waals surface area contributed by atoms with E-state index in [0.717, 1.165) is 12.0 Å². The Labute approximate surface area is 190 Å². The van der Waals surface area contributed by atoms with Crippen LogP contribution < -0.4 is 10.1 Å². The van der Waals surface area contributed by atoms with Crippen LogP contribution >= 0.6 is 0 Å². The smallest absolute Gasteiger partial charge is 0.333 e. The molecule has 2 atom stereocenters. The van der Waals surface area contributed by atoms with Gasteiger partial charge in [0.1, 0.15) is 5.75 Å². The quantitative estimate of drug-likeness (QED) is 0.547. The summed E-state index contributed by atoms with van der Waals surface area (Å²) >= 11 is 0. The summed E-state index contributed by atoms with van der Waals surface area (Å²) in [6.45, 7) is 10.9. The van der Waals surface area contributed by atoms with E-state index >= 15 is 0 Å². The molecule has 32 heavy (non-hydrogen) atoms. The van der Waals surface area contributed by atoms with Gasteiger partial charge in [0.25, 0.3) is 5.91 Å². The molecule has 0 saturated heterocycles. The summed E-state index contributed by atoms with van der Waals surface area (Å²) in [5.41, 5.74) is 3.40. The lowest BCUT2D eigenvalue weighted by Gasteiger charge is -2.23. The van der Waals surface area contributed by atoms with Crippen LogP contribution in [0.15, 0.2) is 48.5 Å². The Morgan fingerprint density at radius 2 is 1.72 bits per heavy atom. The second-order valence-corrected chi connectivity index (χ2v) is 8.84. The van der Waals surface area contributed by atoms with E-state index in [1.165, 1.54) is 11.1 Å². The normalized spacial score (nSPS) is 13.3. The van der Waals surface area contributed by atoms with Gasteiger partial charge in [0.2, 0.25) is 0 Å². The number of carbonyl (C=O) groups excluding carboxylic acids is 1. The number of hydrogen-bond donors (Lipinski definition) is 2. The van der Waals surface area contributed by atoms with Crippen LogP contribution in [-0.2, 0) is 32.6 Å². The number of benzene rings is 2. The van der Waals surface area contributed by atoms with Crippen molar-refractivity contribution in [3.05, 3.63) is 65.2 Å². The molecule has 0 heterocycles. The van der Waals surface area contributed by atoms with Gasteiger partial charge in [0.05, 0.1) is 0 Å². The van der Waals surface area contributed by atoms with Crippen LogP contribution in [0.2, 0.25) is 0 Å². The predicted octanol–water partition coefficient (Wildman–Crippen LogP) is 4.14. The molecule has 2 aromatic rings. The standard InChI is InChI=1S/C26H35NO5/c1-6-31-23(25(29)30)17-19-11-13-21(14-12-19)32-18(2)24(28)27-16-15-20-9-7-8-10-22(20)26(3,4)5/h7-14,18,23H,6,15-17H2,1-5H3,(H,27,28)(H,29,30)/t18-,23+/m1/s1. The molecule has 0 aliphatic heterocycles. The average Bonchev–Trinajstić information content (AvgIpc) is 2.74. The molecule has 0 radical (unpaired) electrons. The summed E-state index contributed by atoms with van der Waals surface area (Å²) in [5.74, 6) is -0.607. The molecule has 0 saturated carbocycles. The van der Waals surface area contributed by atoms with Crippen LogP contribution in [0.25, 0.3) is 0 Å². The topological polar surface area (TPSA) is 84.9 Å². The van der Waals surface area contributed by atoms with Crippen LogP contribution in [0, 0.1) is 0 Å². The highest BCUT2D eigenvalue weighted by Gasteiger charge is 2.19. The van der Waals surface area contributed by atoms with Crippen molar-refractivity contribution in [2.75, 3.05) is 13.2 Å². The van der Waals surface area contributed by atoms with E-state index in [4.69, 9.17) is 9.47 Å². The van der Waals surface area contributed by atoms with Crippen LogP contribution in [0.5, 0.6) is 5.75 Å². The number of rotatable bonds is 11. The highest BCUT2D eigenvalue weighted by Crippen LogP contribution is 2.25. The summed E-state index contributed by atoms with van der Waals surface area (Å²) in [5, 5.41) is 12.2. The van der Waals surface area contributed by atoms with Crippen LogP contribution in [0.4, 0.5) is 0 Å². The molecular formula is C26H35NO5. The maximum Gasteiger partial charge on any atom is 0.333 e. The van der Waals surface area contributed by atoms with Gasteiger partial charge in [-0.2, -0.15) is 0 Å². The van der Waals surface area contributed by atoms with E-state index in [1.54, 1.807) is 38.1 Å². The summed E-state index contributed by atoms with van der Waals surface area (Å²) in [6.07, 6.45) is -0.491. The first-order valence-corrected chi connectivity index (χ1v) is 11.1. The Balaban J connectivity index is 1.86. The number of carboxylic acids is 1. The number of aliphatic carboxylic acids is 1. The molecule has 0 bridgehead atoms. The van der Waals surface area contributed by atoms with Crippen molar-refractivity contribution < 1.29 is 24.2 Å². The number of amides is 1. The third kappa shape index (κ3) is 7.68. The van der Waals surface area contributed by atoms with Gasteiger partial charge in [-0.05, 0) is 54.5 Å². The van der Waals surface area contributed by atoms with E-state index in [-0.39, 0.29) is 17.7 Å². The lowest BCUT2D eigenvalue weighted by molar-refractivity contribution is -0.150. The lowest BCUT2D eigenvalue weighted by atomic mass is 9.83. The average molecular weight is 442 g/mol. The minimum absolute atomic E-state index is 0.0519. The van der Waals surface area contributed by atoms with Crippen LogP contribution in [-0.4, -0.2) is 42.3 Å². The molecule has 0 aromatic heterocycles. The third-order valence-corrected chi connectivity index (χ3v) is 5.19. The molecule has 0 spiro atoms. The molecule has 6 nitrogen and oxygen atoms in total. The molecule has 2 N–H and O–H groups in total. The van der Waals surface area contributed by atoms with E-state index in [9.17, 15) is 14.7 Å². The second-order valence-electron chi connectivity index (χ2n) is 8.84. The van der Waals surface area contributed by atoms with Crippen LogP contribution in [0.1, 0.15) is 51.3 Å². The van der Waals surface area contributed by atoms with Crippen molar-refractivity contribution in [3.63, 3.8) is 0 Å².